The van der Waals surface area contributed by atoms with E-state index in [1.54, 1.807) is 0 Å². The van der Waals surface area contributed by atoms with Crippen LogP contribution in [0.2, 0.25) is 0 Å². The Hall–Kier alpha value is -1.88. The van der Waals surface area contributed by atoms with Gasteiger partial charge in [-0.1, -0.05) is 25.1 Å². The molecule has 1 N–H and O–H groups in total. The second kappa shape index (κ2) is 5.59. The average Bonchev–Trinajstić information content (AvgIpc) is 2.93. The lowest BCUT2D eigenvalue weighted by Gasteiger charge is -2.44. The molecule has 1 heterocycles. The first-order valence-corrected chi connectivity index (χ1v) is 9.03. The fraction of sp³-hybridized carbons (Fsp3) is 0.368. The van der Waals surface area contributed by atoms with Crippen molar-refractivity contribution in [2.24, 2.45) is 5.92 Å². The van der Waals surface area contributed by atoms with Gasteiger partial charge in [-0.25, -0.2) is 4.98 Å². The molecule has 124 valence electrons. The van der Waals surface area contributed by atoms with Crippen molar-refractivity contribution in [3.05, 3.63) is 58.3 Å². The average molecular weight is 387 g/mol. The van der Waals surface area contributed by atoms with E-state index in [1.165, 1.54) is 5.69 Å². The van der Waals surface area contributed by atoms with E-state index < -0.39 is 0 Å². The topological polar surface area (TPSA) is 55.1 Å². The predicted molar refractivity (Wildman–Crippen MR) is 95.4 cm³/mol. The van der Waals surface area contributed by atoms with Gasteiger partial charge in [-0.05, 0) is 53.2 Å². The van der Waals surface area contributed by atoms with Crippen LogP contribution >= 0.6 is 15.9 Å². The number of Topliss-reactive ketones (excluding diaryl/α,β-unsaturated/α-hetero) is 1. The number of carbonyl (C=O) groups is 1. The Morgan fingerprint density at radius 3 is 2.83 bits per heavy atom. The minimum Gasteiger partial charge on any atom is -0.515 e. The molecule has 5 heteroatoms. The third-order valence-corrected chi connectivity index (χ3v) is 6.15. The summed E-state index contributed by atoms with van der Waals surface area (Å²) >= 11 is 3.62. The number of hydrogen-bond acceptors (Lipinski definition) is 3. The zero-order valence-electron chi connectivity index (χ0n) is 13.5. The third-order valence-electron chi connectivity index (χ3n) is 5.62. The Bertz CT molecular complexity index is 841. The summed E-state index contributed by atoms with van der Waals surface area (Å²) in [4.78, 5) is 17.0. The molecule has 2 aliphatic carbocycles. The fourth-order valence-corrected chi connectivity index (χ4v) is 4.89. The minimum atomic E-state index is -0.210. The van der Waals surface area contributed by atoms with Gasteiger partial charge in [0.25, 0.3) is 0 Å². The molecule has 24 heavy (non-hydrogen) atoms. The molecule has 4 nitrogen and oxygen atoms in total. The van der Waals surface area contributed by atoms with Crippen molar-refractivity contribution in [2.75, 3.05) is 0 Å². The lowest BCUT2D eigenvalue weighted by atomic mass is 9.59. The van der Waals surface area contributed by atoms with Crippen LogP contribution in [0.3, 0.4) is 0 Å². The molecule has 0 spiro atoms. The number of halogens is 1. The zero-order valence-corrected chi connectivity index (χ0v) is 15.1. The van der Waals surface area contributed by atoms with Crippen LogP contribution in [0.4, 0.5) is 0 Å². The monoisotopic (exact) mass is 386 g/mol. The lowest BCUT2D eigenvalue weighted by Crippen LogP contribution is -2.43. The Morgan fingerprint density at radius 1 is 1.38 bits per heavy atom. The second-order valence-corrected chi connectivity index (χ2v) is 7.67. The number of aliphatic hydroxyl groups is 1. The SMILES string of the molecule is C[C@]12C/C(=C/O)C(=O)C[C@@H]1CCc1c2nc(Br)n1-c1ccccc1. The van der Waals surface area contributed by atoms with Crippen LogP contribution in [0, 0.1) is 5.92 Å². The molecule has 2 atom stereocenters. The zero-order chi connectivity index (χ0) is 16.9. The number of fused-ring (bicyclic) bond motifs is 3. The molecular weight excluding hydrogens is 368 g/mol. The number of para-hydroxylation sites is 1. The van der Waals surface area contributed by atoms with Crippen LogP contribution in [-0.4, -0.2) is 20.4 Å². The number of rotatable bonds is 1. The summed E-state index contributed by atoms with van der Waals surface area (Å²) in [5.41, 5.74) is 3.66. The van der Waals surface area contributed by atoms with E-state index in [0.29, 0.717) is 18.4 Å². The Labute approximate surface area is 149 Å². The summed E-state index contributed by atoms with van der Waals surface area (Å²) in [6, 6.07) is 10.2. The van der Waals surface area contributed by atoms with E-state index in [2.05, 4.69) is 39.6 Å². The van der Waals surface area contributed by atoms with Gasteiger partial charge in [0.1, 0.15) is 0 Å². The number of imidazole rings is 1. The van der Waals surface area contributed by atoms with Gasteiger partial charge >= 0.3 is 0 Å². The number of benzene rings is 1. The Morgan fingerprint density at radius 2 is 2.12 bits per heavy atom. The van der Waals surface area contributed by atoms with E-state index >= 15 is 0 Å². The van der Waals surface area contributed by atoms with E-state index in [9.17, 15) is 9.90 Å². The molecule has 1 aromatic heterocycles. The molecular formula is C19H19BrN2O2. The number of ketones is 1. The van der Waals surface area contributed by atoms with E-state index in [4.69, 9.17) is 4.98 Å². The summed E-state index contributed by atoms with van der Waals surface area (Å²) in [6.07, 6.45) is 3.92. The molecule has 0 saturated heterocycles. The summed E-state index contributed by atoms with van der Waals surface area (Å²) in [7, 11) is 0. The molecule has 1 saturated carbocycles. The van der Waals surface area contributed by atoms with Crippen LogP contribution < -0.4 is 0 Å². The van der Waals surface area contributed by atoms with E-state index in [0.717, 1.165) is 35.2 Å². The van der Waals surface area contributed by atoms with Crippen molar-refractivity contribution in [3.8, 4) is 5.69 Å². The summed E-state index contributed by atoms with van der Waals surface area (Å²) in [5.74, 6) is 0.359. The molecule has 0 unspecified atom stereocenters. The van der Waals surface area contributed by atoms with Crippen molar-refractivity contribution in [2.45, 2.75) is 38.0 Å². The Kier molecular flexibility index (Phi) is 3.64. The highest BCUT2D eigenvalue weighted by molar-refractivity contribution is 9.10. The minimum absolute atomic E-state index is 0.0741. The van der Waals surface area contributed by atoms with E-state index in [1.807, 2.05) is 18.2 Å². The molecule has 2 aromatic rings. The molecule has 0 bridgehead atoms. The van der Waals surface area contributed by atoms with Crippen molar-refractivity contribution in [1.29, 1.82) is 0 Å². The van der Waals surface area contributed by atoms with Gasteiger partial charge in [0.2, 0.25) is 0 Å². The van der Waals surface area contributed by atoms with Crippen molar-refractivity contribution in [1.82, 2.24) is 9.55 Å². The number of hydrogen-bond donors (Lipinski definition) is 1. The van der Waals surface area contributed by atoms with Crippen molar-refractivity contribution >= 4 is 21.7 Å². The van der Waals surface area contributed by atoms with Gasteiger partial charge in [-0.15, -0.1) is 0 Å². The summed E-state index contributed by atoms with van der Waals surface area (Å²) < 4.78 is 2.96. The lowest BCUT2D eigenvalue weighted by molar-refractivity contribution is -0.119. The van der Waals surface area contributed by atoms with Gasteiger partial charge in [0, 0.05) is 28.8 Å². The smallest absolute Gasteiger partial charge is 0.182 e. The van der Waals surface area contributed by atoms with Gasteiger partial charge in [-0.2, -0.15) is 0 Å². The van der Waals surface area contributed by atoms with Gasteiger partial charge in [-0.3, -0.25) is 9.36 Å². The maximum atomic E-state index is 12.2. The third kappa shape index (κ3) is 2.18. The first-order valence-electron chi connectivity index (χ1n) is 8.24. The van der Waals surface area contributed by atoms with Crippen LogP contribution in [-0.2, 0) is 16.6 Å². The summed E-state index contributed by atoms with van der Waals surface area (Å²) in [6.45, 7) is 2.18. The largest absolute Gasteiger partial charge is 0.515 e. The van der Waals surface area contributed by atoms with Crippen molar-refractivity contribution < 1.29 is 9.90 Å². The van der Waals surface area contributed by atoms with Crippen LogP contribution in [0.25, 0.3) is 5.69 Å². The van der Waals surface area contributed by atoms with Crippen LogP contribution in [0.1, 0.15) is 37.6 Å². The normalized spacial score (nSPS) is 27.8. The van der Waals surface area contributed by atoms with E-state index in [-0.39, 0.29) is 17.1 Å². The molecule has 1 aromatic carbocycles. The molecule has 4 rings (SSSR count). The quantitative estimate of drug-likeness (QED) is 0.588. The van der Waals surface area contributed by atoms with Gasteiger partial charge in [0.15, 0.2) is 10.5 Å². The number of allylic oxidation sites excluding steroid dienone is 1. The van der Waals surface area contributed by atoms with Gasteiger partial charge < -0.3 is 5.11 Å². The molecule has 0 amide bonds. The molecule has 2 aliphatic rings. The maximum Gasteiger partial charge on any atom is 0.182 e. The number of aliphatic hydroxyl groups excluding tert-OH is 1. The molecule has 1 fully saturated rings. The molecule has 0 aliphatic heterocycles. The fourth-order valence-electron chi connectivity index (χ4n) is 4.30. The maximum absolute atomic E-state index is 12.2. The van der Waals surface area contributed by atoms with Crippen LogP contribution in [0.15, 0.2) is 46.9 Å². The highest BCUT2D eigenvalue weighted by Gasteiger charge is 2.48. The van der Waals surface area contributed by atoms with Crippen molar-refractivity contribution in [3.63, 3.8) is 0 Å². The Balaban J connectivity index is 1.86. The number of nitrogens with zero attached hydrogens (tertiary/aromatic N) is 2. The first kappa shape index (κ1) is 15.6. The highest BCUT2D eigenvalue weighted by Crippen LogP contribution is 2.50. The highest BCUT2D eigenvalue weighted by atomic mass is 79.9. The second-order valence-electron chi connectivity index (χ2n) is 6.96. The van der Waals surface area contributed by atoms with Crippen LogP contribution in [0.5, 0.6) is 0 Å². The van der Waals surface area contributed by atoms with Gasteiger partial charge in [0.05, 0.1) is 12.0 Å². The predicted octanol–water partition coefficient (Wildman–Crippen LogP) is 4.26. The number of carbonyl (C=O) groups excluding carboxylic acids is 1. The first-order chi connectivity index (χ1) is 11.5. The standard InChI is InChI=1S/C19H19BrN2O2/c1-19-10-12(11-23)16(24)9-13(19)7-8-15-17(19)21-18(20)22(15)14-5-3-2-4-6-14/h2-6,11,13,23H,7-10H2,1H3/b12-11-/t13-,19-/m0/s1. The molecule has 0 radical (unpaired) electrons. The number of aromatic nitrogens is 2. The summed E-state index contributed by atoms with van der Waals surface area (Å²) in [5, 5.41) is 9.43.